The van der Waals surface area contributed by atoms with Crippen LogP contribution in [0.25, 0.3) is 0 Å². The minimum absolute atomic E-state index is 0.00675. The lowest BCUT2D eigenvalue weighted by Crippen LogP contribution is -2.67. The van der Waals surface area contributed by atoms with E-state index in [9.17, 15) is 9.59 Å². The molecule has 5 saturated carbocycles. The molecule has 44 heavy (non-hydrogen) atoms. The number of carbonyl (C=O) groups excluding carboxylic acids is 2. The number of amides is 2. The third-order valence-electron chi connectivity index (χ3n) is 15.5. The summed E-state index contributed by atoms with van der Waals surface area (Å²) in [6, 6.07) is 10.7. The van der Waals surface area contributed by atoms with Gasteiger partial charge in [0.15, 0.2) is 5.78 Å². The van der Waals surface area contributed by atoms with E-state index in [-0.39, 0.29) is 44.7 Å². The van der Waals surface area contributed by atoms with E-state index < -0.39 is 0 Å². The van der Waals surface area contributed by atoms with Crippen LogP contribution < -0.4 is 10.6 Å². The van der Waals surface area contributed by atoms with Gasteiger partial charge in [0, 0.05) is 12.5 Å². The highest BCUT2D eigenvalue weighted by Gasteiger charge is 2.69. The molecule has 240 valence electrons. The van der Waals surface area contributed by atoms with Gasteiger partial charge in [-0.15, -0.1) is 0 Å². The largest absolute Gasteiger partial charge is 0.335 e. The van der Waals surface area contributed by atoms with Crippen molar-refractivity contribution in [2.24, 2.45) is 50.7 Å². The van der Waals surface area contributed by atoms with Crippen LogP contribution in [0.5, 0.6) is 0 Å². The number of urea groups is 1. The van der Waals surface area contributed by atoms with E-state index in [0.717, 1.165) is 32.1 Å². The van der Waals surface area contributed by atoms with Crippen molar-refractivity contribution in [3.8, 4) is 0 Å². The van der Waals surface area contributed by atoms with Gasteiger partial charge < -0.3 is 10.6 Å². The van der Waals surface area contributed by atoms with Gasteiger partial charge >= 0.3 is 6.03 Å². The Kier molecular flexibility index (Phi) is 6.74. The maximum absolute atomic E-state index is 13.5. The van der Waals surface area contributed by atoms with Crippen LogP contribution in [0, 0.1) is 50.7 Å². The molecule has 6 aliphatic rings. The Morgan fingerprint density at radius 2 is 1.50 bits per heavy atom. The summed E-state index contributed by atoms with van der Waals surface area (Å²) in [4.78, 5) is 26.9. The van der Waals surface area contributed by atoms with Crippen molar-refractivity contribution in [3.63, 3.8) is 0 Å². The van der Waals surface area contributed by atoms with Gasteiger partial charge in [-0.2, -0.15) is 0 Å². The molecule has 1 aromatic carbocycles. The van der Waals surface area contributed by atoms with Gasteiger partial charge in [0.05, 0.1) is 5.54 Å². The molecule has 4 nitrogen and oxygen atoms in total. The van der Waals surface area contributed by atoms with Gasteiger partial charge in [-0.3, -0.25) is 4.79 Å². The summed E-state index contributed by atoms with van der Waals surface area (Å²) in [5.74, 6) is 2.58. The lowest BCUT2D eigenvalue weighted by atomic mass is 9.33. The smallest absolute Gasteiger partial charge is 0.315 e. The van der Waals surface area contributed by atoms with Gasteiger partial charge in [-0.1, -0.05) is 91.3 Å². The number of nitrogens with one attached hydrogen (secondary N) is 2. The average molecular weight is 599 g/mol. The van der Waals surface area contributed by atoms with Gasteiger partial charge in [0.1, 0.15) is 0 Å². The van der Waals surface area contributed by atoms with E-state index in [0.29, 0.717) is 29.5 Å². The molecule has 2 amide bonds. The van der Waals surface area contributed by atoms with Crippen LogP contribution in [0.4, 0.5) is 4.79 Å². The summed E-state index contributed by atoms with van der Waals surface area (Å²) in [7, 11) is 0. The molecule has 6 aliphatic carbocycles. The molecule has 0 spiro atoms. The van der Waals surface area contributed by atoms with E-state index in [1.165, 1.54) is 49.7 Å². The van der Waals surface area contributed by atoms with Crippen molar-refractivity contribution in [2.75, 3.05) is 0 Å². The third-order valence-corrected chi connectivity index (χ3v) is 15.5. The van der Waals surface area contributed by atoms with Crippen LogP contribution in [0.3, 0.4) is 0 Å². The van der Waals surface area contributed by atoms with Crippen molar-refractivity contribution >= 4 is 11.8 Å². The molecule has 0 aliphatic heterocycles. The summed E-state index contributed by atoms with van der Waals surface area (Å²) < 4.78 is 0. The zero-order chi connectivity index (χ0) is 31.5. The maximum Gasteiger partial charge on any atom is 0.315 e. The highest BCUT2D eigenvalue weighted by atomic mass is 16.2. The summed E-state index contributed by atoms with van der Waals surface area (Å²) in [6.07, 6.45) is 12.4. The zero-order valence-corrected chi connectivity index (χ0v) is 28.9. The molecule has 8 atom stereocenters. The van der Waals surface area contributed by atoms with Crippen molar-refractivity contribution < 1.29 is 9.59 Å². The second kappa shape index (κ2) is 9.71. The topological polar surface area (TPSA) is 58.2 Å². The molecule has 2 N–H and O–H groups in total. The average Bonchev–Trinajstić information content (AvgIpc) is 3.67. The van der Waals surface area contributed by atoms with Crippen molar-refractivity contribution in [3.05, 3.63) is 47.0 Å². The van der Waals surface area contributed by atoms with Gasteiger partial charge in [-0.25, -0.2) is 4.79 Å². The fourth-order valence-corrected chi connectivity index (χ4v) is 12.9. The first-order valence-corrected chi connectivity index (χ1v) is 18.0. The summed E-state index contributed by atoms with van der Waals surface area (Å²) in [6.45, 7) is 19.8. The van der Waals surface area contributed by atoms with Crippen molar-refractivity contribution in [1.82, 2.24) is 10.6 Å². The highest BCUT2D eigenvalue weighted by molar-refractivity contribution is 6.00. The van der Waals surface area contributed by atoms with E-state index in [4.69, 9.17) is 0 Å². The third kappa shape index (κ3) is 4.06. The predicted molar refractivity (Wildman–Crippen MR) is 178 cm³/mol. The monoisotopic (exact) mass is 598 g/mol. The molecule has 5 fully saturated rings. The Bertz CT molecular complexity index is 1390. The van der Waals surface area contributed by atoms with Gasteiger partial charge in [0.2, 0.25) is 0 Å². The summed E-state index contributed by atoms with van der Waals surface area (Å²) in [5, 5.41) is 6.92. The number of rotatable bonds is 4. The molecule has 0 bridgehead atoms. The van der Waals surface area contributed by atoms with E-state index >= 15 is 0 Å². The molecule has 0 saturated heterocycles. The number of fused-ring (bicyclic) bond motifs is 7. The van der Waals surface area contributed by atoms with Gasteiger partial charge in [0.25, 0.3) is 0 Å². The first kappa shape index (κ1) is 30.5. The molecule has 4 heteroatoms. The van der Waals surface area contributed by atoms with Crippen molar-refractivity contribution in [2.45, 2.75) is 138 Å². The minimum Gasteiger partial charge on any atom is -0.335 e. The number of hydrogen-bond acceptors (Lipinski definition) is 2. The van der Waals surface area contributed by atoms with Crippen LogP contribution in [-0.2, 0) is 10.3 Å². The Morgan fingerprint density at radius 3 is 2.16 bits per heavy atom. The Labute approximate surface area is 267 Å². The number of carbonyl (C=O) groups is 2. The van der Waals surface area contributed by atoms with Gasteiger partial charge in [-0.05, 0) is 126 Å². The fourth-order valence-electron chi connectivity index (χ4n) is 12.9. The van der Waals surface area contributed by atoms with Crippen LogP contribution in [0.15, 0.2) is 41.5 Å². The molecular weight excluding hydrogens is 540 g/mol. The quantitative estimate of drug-likeness (QED) is 0.363. The molecule has 7 rings (SSSR count). The predicted octanol–water partition coefficient (Wildman–Crippen LogP) is 9.34. The Morgan fingerprint density at radius 1 is 0.795 bits per heavy atom. The van der Waals surface area contributed by atoms with Crippen LogP contribution in [0.2, 0.25) is 0 Å². The Hall–Kier alpha value is -2.10. The molecule has 0 heterocycles. The van der Waals surface area contributed by atoms with Crippen LogP contribution in [0.1, 0.15) is 132 Å². The normalized spacial score (nSPS) is 43.4. The van der Waals surface area contributed by atoms with E-state index in [2.05, 4.69) is 90.3 Å². The first-order valence-electron chi connectivity index (χ1n) is 18.0. The molecule has 0 radical (unpaired) electrons. The minimum atomic E-state index is -0.190. The lowest BCUT2D eigenvalue weighted by molar-refractivity contribution is -0.215. The second-order valence-electron chi connectivity index (χ2n) is 18.2. The van der Waals surface area contributed by atoms with E-state index in [1.54, 1.807) is 5.57 Å². The maximum atomic E-state index is 13.5. The molecular formula is C40H58N2O2. The summed E-state index contributed by atoms with van der Waals surface area (Å²) in [5.41, 5.74) is 4.71. The SMILES string of the molecule is CC(C)C1=C2[C@H]3CC[C@@H]4[C@@]5(C)CCC(NC(=O)NC6(c7ccccc7)CC6)C(C)(C)[C@@H]5CC[C@@]4(C)[C@]3(C)CC[C@@]2(C)CC1=O. The molecule has 0 aromatic heterocycles. The second-order valence-corrected chi connectivity index (χ2v) is 18.2. The number of Topliss-reactive ketones (excluding diaryl/α,β-unsaturated/α-hetero) is 1. The number of hydrogen-bond donors (Lipinski definition) is 2. The standard InChI is InChI=1S/C40H58N2O2/c1-25(2)32-28(43)24-36(5)20-21-38(7)27(33(32)36)14-15-30-37(6)18-17-31(35(3,4)29(37)16-19-39(30,38)8)41-34(44)42-40(22-23-40)26-12-10-9-11-13-26/h9-13,25,27,29-31H,14-24H2,1-8H3,(H2,41,42,44)/t27-,29+,30-,31?,36+,37+,38-,39-/m1/s1. The lowest BCUT2D eigenvalue weighted by Gasteiger charge is -2.72. The Balaban J connectivity index is 1.13. The highest BCUT2D eigenvalue weighted by Crippen LogP contribution is 2.76. The number of benzene rings is 1. The number of allylic oxidation sites excluding steroid dienone is 2. The van der Waals surface area contributed by atoms with E-state index in [1.807, 2.05) is 6.07 Å². The first-order chi connectivity index (χ1) is 20.6. The summed E-state index contributed by atoms with van der Waals surface area (Å²) >= 11 is 0. The van der Waals surface area contributed by atoms with Crippen LogP contribution in [-0.4, -0.2) is 17.9 Å². The van der Waals surface area contributed by atoms with Crippen molar-refractivity contribution in [1.29, 1.82) is 0 Å². The van der Waals surface area contributed by atoms with Crippen LogP contribution >= 0.6 is 0 Å². The number of ketones is 1. The zero-order valence-electron chi connectivity index (χ0n) is 28.9. The fraction of sp³-hybridized carbons (Fsp3) is 0.750. The molecule has 1 aromatic rings. The molecule has 1 unspecified atom stereocenters.